The summed E-state index contributed by atoms with van der Waals surface area (Å²) >= 11 is 0. The van der Waals surface area contributed by atoms with Crippen molar-refractivity contribution >= 4 is 17.9 Å². The highest BCUT2D eigenvalue weighted by atomic mass is 16.4. The van der Waals surface area contributed by atoms with Gasteiger partial charge in [0.25, 0.3) is 0 Å². The molecule has 0 bridgehead atoms. The molecule has 3 N–H and O–H groups in total. The van der Waals surface area contributed by atoms with E-state index in [1.807, 2.05) is 0 Å². The van der Waals surface area contributed by atoms with E-state index in [0.717, 1.165) is 0 Å². The lowest BCUT2D eigenvalue weighted by Crippen LogP contribution is -2.54. The summed E-state index contributed by atoms with van der Waals surface area (Å²) in [6, 6.07) is -0.240. The van der Waals surface area contributed by atoms with Crippen LogP contribution in [0.4, 0.5) is 4.79 Å². The Morgan fingerprint density at radius 2 is 2.00 bits per heavy atom. The van der Waals surface area contributed by atoms with Crippen LogP contribution >= 0.6 is 0 Å². The summed E-state index contributed by atoms with van der Waals surface area (Å²) in [5, 5.41) is 13.6. The standard InChI is InChI=1S/C10H17N3O4/c1-11-8(14)2-3-12-10(17)13-5-7(6-13)4-9(15)16/h7H,2-6H2,1H3,(H,11,14)(H,12,17)(H,15,16). The van der Waals surface area contributed by atoms with Crippen LogP contribution in [0.15, 0.2) is 0 Å². The van der Waals surface area contributed by atoms with Gasteiger partial charge in [-0.05, 0) is 0 Å². The summed E-state index contributed by atoms with van der Waals surface area (Å²) < 4.78 is 0. The van der Waals surface area contributed by atoms with Crippen molar-refractivity contribution in [2.45, 2.75) is 12.8 Å². The van der Waals surface area contributed by atoms with Crippen LogP contribution in [0.5, 0.6) is 0 Å². The molecule has 0 radical (unpaired) electrons. The predicted molar refractivity (Wildman–Crippen MR) is 59.4 cm³/mol. The van der Waals surface area contributed by atoms with Gasteiger partial charge in [-0.25, -0.2) is 4.79 Å². The normalized spacial score (nSPS) is 15.0. The summed E-state index contributed by atoms with van der Waals surface area (Å²) in [5.74, 6) is -0.912. The van der Waals surface area contributed by atoms with Crippen LogP contribution in [0.2, 0.25) is 0 Å². The van der Waals surface area contributed by atoms with Gasteiger partial charge in [0, 0.05) is 39.0 Å². The maximum absolute atomic E-state index is 11.5. The van der Waals surface area contributed by atoms with Crippen LogP contribution in [0.3, 0.4) is 0 Å². The molecule has 7 heteroatoms. The molecule has 0 aromatic rings. The SMILES string of the molecule is CNC(=O)CCNC(=O)N1CC(CC(=O)O)C1. The minimum absolute atomic E-state index is 0.0530. The average Bonchev–Trinajstić information content (AvgIpc) is 2.21. The van der Waals surface area contributed by atoms with Crippen LogP contribution in [-0.2, 0) is 9.59 Å². The predicted octanol–water partition coefficient (Wildman–Crippen LogP) is -0.761. The Morgan fingerprint density at radius 1 is 1.35 bits per heavy atom. The van der Waals surface area contributed by atoms with E-state index in [9.17, 15) is 14.4 Å². The Morgan fingerprint density at radius 3 is 2.53 bits per heavy atom. The van der Waals surface area contributed by atoms with E-state index in [4.69, 9.17) is 5.11 Å². The number of carbonyl (C=O) groups excluding carboxylic acids is 2. The first-order chi connectivity index (χ1) is 8.02. The second kappa shape index (κ2) is 6.07. The fourth-order valence-corrected chi connectivity index (χ4v) is 1.63. The molecular formula is C10H17N3O4. The largest absolute Gasteiger partial charge is 0.481 e. The minimum atomic E-state index is -0.838. The molecule has 0 aromatic heterocycles. The lowest BCUT2D eigenvalue weighted by Gasteiger charge is -2.38. The topological polar surface area (TPSA) is 98.7 Å². The molecule has 0 aliphatic carbocycles. The highest BCUT2D eigenvalue weighted by Gasteiger charge is 2.31. The number of nitrogens with one attached hydrogen (secondary N) is 2. The number of likely N-dealkylation sites (tertiary alicyclic amines) is 1. The summed E-state index contributed by atoms with van der Waals surface area (Å²) in [6.07, 6.45) is 0.344. The third-order valence-corrected chi connectivity index (χ3v) is 2.61. The lowest BCUT2D eigenvalue weighted by atomic mass is 9.97. The van der Waals surface area contributed by atoms with Gasteiger partial charge in [-0.2, -0.15) is 0 Å². The van der Waals surface area contributed by atoms with Crippen molar-refractivity contribution in [3.63, 3.8) is 0 Å². The summed E-state index contributed by atoms with van der Waals surface area (Å²) in [5.41, 5.74) is 0. The molecule has 1 aliphatic rings. The molecule has 0 saturated carbocycles. The Kier molecular flexibility index (Phi) is 4.74. The third-order valence-electron chi connectivity index (χ3n) is 2.61. The molecule has 1 aliphatic heterocycles. The van der Waals surface area contributed by atoms with Crippen molar-refractivity contribution in [2.24, 2.45) is 5.92 Å². The Labute approximate surface area is 99.2 Å². The number of carboxylic acids is 1. The Hall–Kier alpha value is -1.79. The summed E-state index contributed by atoms with van der Waals surface area (Å²) in [4.78, 5) is 34.3. The zero-order valence-electron chi connectivity index (χ0n) is 9.73. The van der Waals surface area contributed by atoms with E-state index in [2.05, 4.69) is 10.6 Å². The molecule has 1 rings (SSSR count). The summed E-state index contributed by atoms with van der Waals surface area (Å²) in [6.45, 7) is 1.23. The lowest BCUT2D eigenvalue weighted by molar-refractivity contribution is -0.139. The van der Waals surface area contributed by atoms with Crippen LogP contribution in [0.1, 0.15) is 12.8 Å². The van der Waals surface area contributed by atoms with E-state index in [1.165, 1.54) is 11.9 Å². The molecule has 0 spiro atoms. The highest BCUT2D eigenvalue weighted by molar-refractivity contribution is 5.78. The van der Waals surface area contributed by atoms with Gasteiger partial charge in [0.1, 0.15) is 0 Å². The molecule has 7 nitrogen and oxygen atoms in total. The second-order valence-corrected chi connectivity index (χ2v) is 4.02. The zero-order chi connectivity index (χ0) is 12.8. The third kappa shape index (κ3) is 4.29. The van der Waals surface area contributed by atoms with Crippen molar-refractivity contribution < 1.29 is 19.5 Å². The Bertz CT molecular complexity index is 313. The van der Waals surface area contributed by atoms with Crippen molar-refractivity contribution in [1.82, 2.24) is 15.5 Å². The monoisotopic (exact) mass is 243 g/mol. The van der Waals surface area contributed by atoms with Gasteiger partial charge in [0.2, 0.25) is 5.91 Å². The number of aliphatic carboxylic acids is 1. The fourth-order valence-electron chi connectivity index (χ4n) is 1.63. The van der Waals surface area contributed by atoms with Gasteiger partial charge in [-0.1, -0.05) is 0 Å². The molecule has 1 heterocycles. The second-order valence-electron chi connectivity index (χ2n) is 4.02. The number of carboxylic acid groups (broad SMARTS) is 1. The van der Waals surface area contributed by atoms with Gasteiger partial charge >= 0.3 is 12.0 Å². The molecular weight excluding hydrogens is 226 g/mol. The zero-order valence-corrected chi connectivity index (χ0v) is 9.73. The van der Waals surface area contributed by atoms with Gasteiger partial charge in [-0.15, -0.1) is 0 Å². The number of urea groups is 1. The van der Waals surface area contributed by atoms with Crippen molar-refractivity contribution in [3.8, 4) is 0 Å². The smallest absolute Gasteiger partial charge is 0.317 e. The van der Waals surface area contributed by atoms with Crippen LogP contribution < -0.4 is 10.6 Å². The molecule has 96 valence electrons. The molecule has 3 amide bonds. The minimum Gasteiger partial charge on any atom is -0.481 e. The maximum atomic E-state index is 11.5. The van der Waals surface area contributed by atoms with E-state index in [-0.39, 0.29) is 30.7 Å². The first-order valence-electron chi connectivity index (χ1n) is 5.48. The first kappa shape index (κ1) is 13.3. The number of hydrogen-bond acceptors (Lipinski definition) is 3. The van der Waals surface area contributed by atoms with Gasteiger partial charge < -0.3 is 20.6 Å². The molecule has 1 fully saturated rings. The van der Waals surface area contributed by atoms with Crippen molar-refractivity contribution in [1.29, 1.82) is 0 Å². The molecule has 17 heavy (non-hydrogen) atoms. The van der Waals surface area contributed by atoms with E-state index in [0.29, 0.717) is 19.6 Å². The van der Waals surface area contributed by atoms with Gasteiger partial charge in [0.05, 0.1) is 6.42 Å². The van der Waals surface area contributed by atoms with Gasteiger partial charge in [0.15, 0.2) is 0 Å². The first-order valence-corrected chi connectivity index (χ1v) is 5.48. The molecule has 0 aromatic carbocycles. The summed E-state index contributed by atoms with van der Waals surface area (Å²) in [7, 11) is 1.54. The van der Waals surface area contributed by atoms with Crippen LogP contribution in [0, 0.1) is 5.92 Å². The number of hydrogen-bond donors (Lipinski definition) is 3. The van der Waals surface area contributed by atoms with Gasteiger partial charge in [-0.3, -0.25) is 9.59 Å². The quantitative estimate of drug-likeness (QED) is 0.591. The van der Waals surface area contributed by atoms with Crippen LogP contribution in [0.25, 0.3) is 0 Å². The molecule has 0 atom stereocenters. The van der Waals surface area contributed by atoms with E-state index >= 15 is 0 Å². The molecule has 1 saturated heterocycles. The Balaban J connectivity index is 2.11. The average molecular weight is 243 g/mol. The highest BCUT2D eigenvalue weighted by Crippen LogP contribution is 2.18. The van der Waals surface area contributed by atoms with E-state index < -0.39 is 5.97 Å². The maximum Gasteiger partial charge on any atom is 0.317 e. The number of carbonyl (C=O) groups is 3. The van der Waals surface area contributed by atoms with Crippen LogP contribution in [-0.4, -0.2) is 54.6 Å². The fraction of sp³-hybridized carbons (Fsp3) is 0.700. The van der Waals surface area contributed by atoms with Crippen molar-refractivity contribution in [3.05, 3.63) is 0 Å². The van der Waals surface area contributed by atoms with Crippen molar-refractivity contribution in [2.75, 3.05) is 26.7 Å². The number of rotatable bonds is 5. The molecule has 0 unspecified atom stereocenters. The van der Waals surface area contributed by atoms with E-state index in [1.54, 1.807) is 0 Å². The number of amides is 3. The number of nitrogens with zero attached hydrogens (tertiary/aromatic N) is 1.